The average molecular weight is 748 g/mol. The second-order valence-corrected chi connectivity index (χ2v) is 16.0. The molecule has 0 bridgehead atoms. The van der Waals surface area contributed by atoms with Gasteiger partial charge in [-0.3, -0.25) is 14.7 Å². The maximum Gasteiger partial charge on any atom is 0.341 e. The molecule has 5 aliphatic heterocycles. The Hall–Kier alpha value is -5.57. The standard InChI is InChI=1S/C41H42N6O8/c1-20-8-29(49)36-30(52-20)14-31-35(37(36)50)26-9-22(19-48)15-41(39(51)53-38(26)40(2,3)54-31)32(55-41)5-4-21-10-27(46-33(42)11-21)24-12-25(45-34(43)13-24)17-47-16-23-6-7-44-28(23)18-47/h6-8,10-14,18,22,26,32,38,48,50H,4-5,9,15-17,19H2,1-3H3,(H2,42,46)(H2,43,45)/p+1. The van der Waals surface area contributed by atoms with E-state index in [4.69, 9.17) is 30.1 Å². The van der Waals surface area contributed by atoms with Crippen molar-refractivity contribution in [3.8, 4) is 22.8 Å². The number of aromatic hydroxyl groups is 1. The van der Waals surface area contributed by atoms with Crippen LogP contribution in [0.5, 0.6) is 11.5 Å². The average Bonchev–Trinajstić information content (AvgIpc) is 3.41. The fourth-order valence-electron chi connectivity index (χ4n) is 9.02. The first-order valence-corrected chi connectivity index (χ1v) is 18.6. The highest BCUT2D eigenvalue weighted by molar-refractivity contribution is 5.88. The van der Waals surface area contributed by atoms with Gasteiger partial charge in [0.15, 0.2) is 11.0 Å². The van der Waals surface area contributed by atoms with E-state index in [1.807, 2.05) is 44.3 Å². The molecule has 1 spiro atoms. The Kier molecular flexibility index (Phi) is 8.15. The van der Waals surface area contributed by atoms with Gasteiger partial charge in [-0.25, -0.2) is 14.8 Å². The van der Waals surface area contributed by atoms with Crippen LogP contribution in [-0.4, -0.2) is 68.9 Å². The van der Waals surface area contributed by atoms with Crippen molar-refractivity contribution in [2.24, 2.45) is 10.9 Å². The largest absolute Gasteiger partial charge is 0.507 e. The lowest BCUT2D eigenvalue weighted by Crippen LogP contribution is -3.04. The minimum absolute atomic E-state index is 0.0339. The molecular formula is C41H43N6O8+. The molecule has 14 heteroatoms. The van der Waals surface area contributed by atoms with E-state index in [0.717, 1.165) is 29.1 Å². The van der Waals surface area contributed by atoms with Crippen molar-refractivity contribution in [1.29, 1.82) is 0 Å². The number of carbonyl (C=O) groups excluding carboxylic acids is 1. The molecule has 0 radical (unpaired) electrons. The van der Waals surface area contributed by atoms with Crippen LogP contribution >= 0.6 is 0 Å². The summed E-state index contributed by atoms with van der Waals surface area (Å²) in [7, 11) is 0. The number of quaternary nitrogens is 1. The number of nitrogen functional groups attached to an aromatic ring is 2. The van der Waals surface area contributed by atoms with Gasteiger partial charge < -0.3 is 40.3 Å². The summed E-state index contributed by atoms with van der Waals surface area (Å²) in [5.41, 5.74) is 15.9. The molecule has 55 heavy (non-hydrogen) atoms. The number of fused-ring (bicyclic) bond motifs is 5. The Morgan fingerprint density at radius 1 is 1.05 bits per heavy atom. The number of nitrogens with two attached hydrogens (primary N) is 2. The van der Waals surface area contributed by atoms with Crippen molar-refractivity contribution in [2.45, 2.75) is 82.3 Å². The number of carbonyl (C=O) groups is 1. The molecule has 2 fully saturated rings. The van der Waals surface area contributed by atoms with Gasteiger partial charge in [-0.1, -0.05) is 0 Å². The Morgan fingerprint density at radius 2 is 1.87 bits per heavy atom. The number of phenols is 1. The lowest BCUT2D eigenvalue weighted by molar-refractivity contribution is -0.852. The van der Waals surface area contributed by atoms with Crippen LogP contribution in [0.4, 0.5) is 11.6 Å². The minimum Gasteiger partial charge on any atom is -0.507 e. The van der Waals surface area contributed by atoms with Crippen LogP contribution in [0.2, 0.25) is 0 Å². The van der Waals surface area contributed by atoms with E-state index in [1.54, 1.807) is 19.1 Å². The summed E-state index contributed by atoms with van der Waals surface area (Å²) >= 11 is 0. The molecule has 0 aliphatic carbocycles. The first-order valence-electron chi connectivity index (χ1n) is 18.6. The number of aliphatic hydroxyl groups excluding tert-OH is 1. The molecular weight excluding hydrogens is 704 g/mol. The van der Waals surface area contributed by atoms with Crippen molar-refractivity contribution in [3.05, 3.63) is 92.7 Å². The molecule has 9 rings (SSSR count). The molecule has 5 aliphatic rings. The Labute approximate surface area is 316 Å². The molecule has 2 saturated heterocycles. The van der Waals surface area contributed by atoms with Gasteiger partial charge in [-0.15, -0.1) is 0 Å². The first kappa shape index (κ1) is 35.2. The highest BCUT2D eigenvalue weighted by Crippen LogP contribution is 2.55. The van der Waals surface area contributed by atoms with Crippen LogP contribution in [0.25, 0.3) is 22.2 Å². The van der Waals surface area contributed by atoms with E-state index in [1.165, 1.54) is 16.5 Å². The van der Waals surface area contributed by atoms with Gasteiger partial charge in [-0.05, 0) is 88.3 Å². The highest BCUT2D eigenvalue weighted by Gasteiger charge is 2.66. The number of nitrogens with zero attached hydrogens (tertiary/aromatic N) is 3. The predicted octanol–water partition coefficient (Wildman–Crippen LogP) is 3.02. The zero-order valence-corrected chi connectivity index (χ0v) is 30.8. The van der Waals surface area contributed by atoms with Gasteiger partial charge in [0.2, 0.25) is 0 Å². The third-order valence-corrected chi connectivity index (χ3v) is 11.5. The van der Waals surface area contributed by atoms with Crippen LogP contribution in [0, 0.1) is 12.8 Å². The molecule has 4 aromatic rings. The van der Waals surface area contributed by atoms with Crippen molar-refractivity contribution < 1.29 is 38.5 Å². The van der Waals surface area contributed by atoms with Crippen molar-refractivity contribution in [1.82, 2.24) is 9.97 Å². The van der Waals surface area contributed by atoms with Gasteiger partial charge in [0.1, 0.15) is 76.6 Å². The number of ether oxygens (including phenoxy) is 3. The summed E-state index contributed by atoms with van der Waals surface area (Å²) in [4.78, 5) is 41.9. The number of hydrogen-bond acceptors (Lipinski definition) is 13. The number of aliphatic imine (C=N–C) groups is 1. The quantitative estimate of drug-likeness (QED) is 0.136. The van der Waals surface area contributed by atoms with Gasteiger partial charge >= 0.3 is 5.97 Å². The number of anilines is 2. The topological polar surface area (TPSA) is 213 Å². The monoisotopic (exact) mass is 747 g/mol. The second kappa shape index (κ2) is 12.8. The van der Waals surface area contributed by atoms with Crippen LogP contribution < -0.4 is 26.5 Å². The number of aliphatic hydroxyl groups is 1. The Bertz CT molecular complexity index is 2440. The molecule has 0 amide bonds. The fourth-order valence-corrected chi connectivity index (χ4v) is 9.02. The third-order valence-electron chi connectivity index (χ3n) is 11.5. The minimum atomic E-state index is -1.25. The number of aryl methyl sites for hydroxylation is 2. The summed E-state index contributed by atoms with van der Waals surface area (Å²) in [5, 5.41) is 22.2. The summed E-state index contributed by atoms with van der Waals surface area (Å²) in [6.07, 6.45) is 6.25. The zero-order chi connectivity index (χ0) is 38.4. The molecule has 8 heterocycles. The summed E-state index contributed by atoms with van der Waals surface area (Å²) < 4.78 is 24.6. The molecule has 6 atom stereocenters. The molecule has 6 unspecified atom stereocenters. The normalized spacial score (nSPS) is 27.3. The third kappa shape index (κ3) is 6.14. The number of epoxide rings is 1. The number of phenolic OH excluding ortho intramolecular Hbond substituents is 1. The zero-order valence-electron chi connectivity index (χ0n) is 30.8. The van der Waals surface area contributed by atoms with Crippen LogP contribution in [-0.2, 0) is 27.2 Å². The molecule has 1 aromatic carbocycles. The van der Waals surface area contributed by atoms with Gasteiger partial charge in [-0.2, -0.15) is 0 Å². The van der Waals surface area contributed by atoms with Crippen molar-refractivity contribution in [2.75, 3.05) is 24.6 Å². The van der Waals surface area contributed by atoms with Crippen molar-refractivity contribution in [3.63, 3.8) is 0 Å². The van der Waals surface area contributed by atoms with Gasteiger partial charge in [0.05, 0.1) is 17.5 Å². The number of benzene rings is 1. The number of pyridine rings is 2. The summed E-state index contributed by atoms with van der Waals surface area (Å²) in [6, 6.07) is 10.5. The van der Waals surface area contributed by atoms with E-state index in [9.17, 15) is 19.8 Å². The van der Waals surface area contributed by atoms with Crippen LogP contribution in [0.15, 0.2) is 74.1 Å². The fraction of sp³-hybridized carbons (Fsp3) is 0.390. The molecule has 0 saturated carbocycles. The maximum absolute atomic E-state index is 14.1. The number of rotatable bonds is 7. The molecule has 7 N–H and O–H groups in total. The highest BCUT2D eigenvalue weighted by atomic mass is 16.7. The molecule has 14 nitrogen and oxygen atoms in total. The summed E-state index contributed by atoms with van der Waals surface area (Å²) in [5.74, 6) is -0.276. The molecule has 284 valence electrons. The summed E-state index contributed by atoms with van der Waals surface area (Å²) in [6.45, 7) is 6.55. The van der Waals surface area contributed by atoms with Crippen LogP contribution in [0.3, 0.4) is 0 Å². The lowest BCUT2D eigenvalue weighted by atomic mass is 9.73. The smallest absolute Gasteiger partial charge is 0.341 e. The van der Waals surface area contributed by atoms with E-state index in [2.05, 4.69) is 21.2 Å². The van der Waals surface area contributed by atoms with E-state index in [0.29, 0.717) is 60.2 Å². The Morgan fingerprint density at radius 3 is 2.67 bits per heavy atom. The number of nitrogens with one attached hydrogen (secondary N) is 1. The maximum atomic E-state index is 14.1. The number of hydrogen-bond donors (Lipinski definition) is 5. The van der Waals surface area contributed by atoms with Crippen LogP contribution in [0.1, 0.15) is 61.6 Å². The van der Waals surface area contributed by atoms with E-state index >= 15 is 0 Å². The SMILES string of the molecule is Cc1cc(=O)c2c(O)c3c(cc2o1)OC(C)(C)C1OC(=O)C2(CC(CO)CC31)OC2CCc1cc(N)nc(-c2cc(N)nc(C[NH+]3C=C4N=CC=C4C3)c2)c1. The number of esters is 1. The molecule has 3 aromatic heterocycles. The van der Waals surface area contributed by atoms with E-state index < -0.39 is 35.3 Å². The lowest BCUT2D eigenvalue weighted by Gasteiger charge is -2.46. The first-order chi connectivity index (χ1) is 26.3. The second-order valence-electron chi connectivity index (χ2n) is 16.0. The number of aromatic nitrogens is 2. The predicted molar refractivity (Wildman–Crippen MR) is 202 cm³/mol. The van der Waals surface area contributed by atoms with E-state index in [-0.39, 0.29) is 41.1 Å². The Balaban J connectivity index is 0.938. The number of allylic oxidation sites excluding steroid dienone is 1. The van der Waals surface area contributed by atoms with Gasteiger partial charge in [0.25, 0.3) is 0 Å². The van der Waals surface area contributed by atoms with Crippen molar-refractivity contribution >= 4 is 34.8 Å². The van der Waals surface area contributed by atoms with Gasteiger partial charge in [0, 0.05) is 47.6 Å².